The molecule has 4 nitrogen and oxygen atoms in total. The molecule has 12 aromatic rings. The molecule has 0 saturated heterocycles. The summed E-state index contributed by atoms with van der Waals surface area (Å²) in [5.74, 6) is 0.659. The van der Waals surface area contributed by atoms with Gasteiger partial charge in [0.2, 0.25) is 5.95 Å². The molecule has 0 aliphatic carbocycles. The summed E-state index contributed by atoms with van der Waals surface area (Å²) in [5.41, 5.74) is 12.3. The fourth-order valence-electron chi connectivity index (χ4n) is 9.13. The number of fused-ring (bicyclic) bond motifs is 11. The maximum absolute atomic E-state index is 5.44. The van der Waals surface area contributed by atoms with Gasteiger partial charge in [-0.1, -0.05) is 139 Å². The van der Waals surface area contributed by atoms with Gasteiger partial charge < -0.3 is 4.57 Å². The maximum atomic E-state index is 5.44. The first-order chi connectivity index (χ1) is 28.2. The van der Waals surface area contributed by atoms with Gasteiger partial charge in [-0.15, -0.1) is 0 Å². The molecule has 0 aliphatic heterocycles. The monoisotopic (exact) mass is 724 g/mol. The first-order valence-corrected chi connectivity index (χ1v) is 19.5. The first-order valence-electron chi connectivity index (χ1n) is 19.5. The lowest BCUT2D eigenvalue weighted by Gasteiger charge is -2.13. The van der Waals surface area contributed by atoms with E-state index in [2.05, 4.69) is 205 Å². The van der Waals surface area contributed by atoms with Gasteiger partial charge >= 0.3 is 0 Å². The second kappa shape index (κ2) is 12.3. The molecule has 264 valence electrons. The lowest BCUT2D eigenvalue weighted by molar-refractivity contribution is 1.02. The Kier molecular flexibility index (Phi) is 6.84. The third-order valence-electron chi connectivity index (χ3n) is 11.7. The van der Waals surface area contributed by atoms with Gasteiger partial charge in [-0.2, -0.15) is 0 Å². The highest BCUT2D eigenvalue weighted by molar-refractivity contribution is 6.34. The van der Waals surface area contributed by atoms with E-state index in [1.54, 1.807) is 0 Å². The standard InChI is InChI=1S/C52H33BN4/c53-37-23-28-46-43(31-37)42-29-35(21-25-45(42)56(46)38-15-5-2-6-16-38)36-22-26-47-44(30-36)49-39-17-9-7-11-32(39)20-27-48(49)57(47)52-54-50(34-13-3-1-4-14-34)41-24-19-33-12-8-10-18-40(33)51(41)55-52/h1-31H,53H2. The number of para-hydroxylation sites is 1. The summed E-state index contributed by atoms with van der Waals surface area (Å²) in [6.07, 6.45) is 0. The molecule has 0 spiro atoms. The fourth-order valence-corrected chi connectivity index (χ4v) is 9.13. The minimum atomic E-state index is 0.659. The number of benzene rings is 9. The van der Waals surface area contributed by atoms with Gasteiger partial charge in [0.15, 0.2) is 0 Å². The molecule has 9 aromatic carbocycles. The molecule has 12 rings (SSSR count). The number of hydrogen-bond acceptors (Lipinski definition) is 2. The summed E-state index contributed by atoms with van der Waals surface area (Å²) >= 11 is 0. The molecule has 5 heteroatoms. The van der Waals surface area contributed by atoms with Crippen LogP contribution < -0.4 is 5.46 Å². The van der Waals surface area contributed by atoms with Crippen molar-refractivity contribution in [1.82, 2.24) is 19.1 Å². The molecule has 0 bridgehead atoms. The van der Waals surface area contributed by atoms with Gasteiger partial charge in [-0.3, -0.25) is 4.57 Å². The molecular weight excluding hydrogens is 691 g/mol. The Morgan fingerprint density at radius 3 is 1.72 bits per heavy atom. The minimum Gasteiger partial charge on any atom is -0.309 e. The van der Waals surface area contributed by atoms with E-state index in [9.17, 15) is 0 Å². The number of hydrogen-bond donors (Lipinski definition) is 0. The minimum absolute atomic E-state index is 0.659. The molecule has 57 heavy (non-hydrogen) atoms. The summed E-state index contributed by atoms with van der Waals surface area (Å²) in [7, 11) is 2.17. The predicted molar refractivity (Wildman–Crippen MR) is 242 cm³/mol. The van der Waals surface area contributed by atoms with Crippen LogP contribution in [0.1, 0.15) is 0 Å². The first kappa shape index (κ1) is 31.8. The summed E-state index contributed by atoms with van der Waals surface area (Å²) < 4.78 is 4.65. The van der Waals surface area contributed by atoms with Crippen molar-refractivity contribution < 1.29 is 0 Å². The van der Waals surface area contributed by atoms with E-state index in [-0.39, 0.29) is 0 Å². The third kappa shape index (κ3) is 4.82. The van der Waals surface area contributed by atoms with Crippen molar-refractivity contribution in [1.29, 1.82) is 0 Å². The molecule has 3 aromatic heterocycles. The van der Waals surface area contributed by atoms with Crippen LogP contribution >= 0.6 is 0 Å². The Hall–Kier alpha value is -7.50. The quantitative estimate of drug-likeness (QED) is 0.134. The lowest BCUT2D eigenvalue weighted by Crippen LogP contribution is -2.03. The summed E-state index contributed by atoms with van der Waals surface area (Å²) in [6.45, 7) is 0. The molecule has 0 unspecified atom stereocenters. The molecule has 3 heterocycles. The summed E-state index contributed by atoms with van der Waals surface area (Å²) in [4.78, 5) is 10.9. The van der Waals surface area contributed by atoms with E-state index in [0.717, 1.165) is 49.7 Å². The normalized spacial score (nSPS) is 11.9. The van der Waals surface area contributed by atoms with E-state index in [1.807, 2.05) is 0 Å². The van der Waals surface area contributed by atoms with Gasteiger partial charge in [0.05, 0.1) is 33.3 Å². The highest BCUT2D eigenvalue weighted by Crippen LogP contribution is 2.41. The third-order valence-corrected chi connectivity index (χ3v) is 11.7. The van der Waals surface area contributed by atoms with Crippen LogP contribution in [0.3, 0.4) is 0 Å². The zero-order valence-corrected chi connectivity index (χ0v) is 31.2. The molecule has 0 aliphatic rings. The van der Waals surface area contributed by atoms with Crippen molar-refractivity contribution in [3.8, 4) is 34.0 Å². The SMILES string of the molecule is Bc1ccc2c(c1)c1cc(-c3ccc4c(c3)c3c5ccccc5ccc3n4-c3nc(-c4ccccc4)c4ccc5ccccc5c4n3)ccc1n2-c1ccccc1. The van der Waals surface area contributed by atoms with Gasteiger partial charge in [-0.25, -0.2) is 9.97 Å². The van der Waals surface area contributed by atoms with Crippen molar-refractivity contribution in [2.24, 2.45) is 0 Å². The van der Waals surface area contributed by atoms with Crippen LogP contribution in [-0.2, 0) is 0 Å². The number of rotatable bonds is 4. The van der Waals surface area contributed by atoms with E-state index in [4.69, 9.17) is 9.97 Å². The molecule has 0 atom stereocenters. The largest absolute Gasteiger partial charge is 0.309 e. The van der Waals surface area contributed by atoms with Crippen LogP contribution in [0.15, 0.2) is 188 Å². The van der Waals surface area contributed by atoms with Crippen LogP contribution in [0.2, 0.25) is 0 Å². The molecule has 0 fully saturated rings. The topological polar surface area (TPSA) is 35.6 Å². The Morgan fingerprint density at radius 2 is 0.947 bits per heavy atom. The van der Waals surface area contributed by atoms with Crippen LogP contribution in [0.5, 0.6) is 0 Å². The van der Waals surface area contributed by atoms with Crippen molar-refractivity contribution in [3.05, 3.63) is 188 Å². The number of aromatic nitrogens is 4. The summed E-state index contributed by atoms with van der Waals surface area (Å²) in [6, 6.07) is 67.8. The maximum Gasteiger partial charge on any atom is 0.235 e. The average Bonchev–Trinajstić information content (AvgIpc) is 3.78. The second-order valence-electron chi connectivity index (χ2n) is 15.1. The molecule has 0 radical (unpaired) electrons. The zero-order chi connectivity index (χ0) is 37.6. The highest BCUT2D eigenvalue weighted by atomic mass is 15.2. The van der Waals surface area contributed by atoms with Crippen molar-refractivity contribution in [3.63, 3.8) is 0 Å². The van der Waals surface area contributed by atoms with E-state index < -0.39 is 0 Å². The predicted octanol–water partition coefficient (Wildman–Crippen LogP) is 11.7. The highest BCUT2D eigenvalue weighted by Gasteiger charge is 2.21. The Balaban J connectivity index is 1.14. The molecule has 0 amide bonds. The molecule has 0 N–H and O–H groups in total. The lowest BCUT2D eigenvalue weighted by atomic mass is 9.94. The zero-order valence-electron chi connectivity index (χ0n) is 31.2. The Bertz CT molecular complexity index is 3580. The number of nitrogens with zero attached hydrogens (tertiary/aromatic N) is 4. The second-order valence-corrected chi connectivity index (χ2v) is 15.1. The fraction of sp³-hybridized carbons (Fsp3) is 0. The van der Waals surface area contributed by atoms with E-state index >= 15 is 0 Å². The van der Waals surface area contributed by atoms with Gasteiger partial charge in [0.25, 0.3) is 0 Å². The van der Waals surface area contributed by atoms with Crippen LogP contribution in [-0.4, -0.2) is 26.9 Å². The van der Waals surface area contributed by atoms with Gasteiger partial charge in [-0.05, 0) is 81.9 Å². The Labute approximate surface area is 329 Å². The van der Waals surface area contributed by atoms with Crippen LogP contribution in [0, 0.1) is 0 Å². The van der Waals surface area contributed by atoms with Gasteiger partial charge in [0, 0.05) is 43.6 Å². The Morgan fingerprint density at radius 1 is 0.368 bits per heavy atom. The van der Waals surface area contributed by atoms with E-state index in [1.165, 1.54) is 59.9 Å². The molecular formula is C52H33BN4. The van der Waals surface area contributed by atoms with Crippen LogP contribution in [0.4, 0.5) is 0 Å². The summed E-state index contributed by atoms with van der Waals surface area (Å²) in [5, 5.41) is 10.6. The van der Waals surface area contributed by atoms with Crippen molar-refractivity contribution in [2.45, 2.75) is 0 Å². The smallest absolute Gasteiger partial charge is 0.235 e. The average molecular weight is 725 g/mol. The van der Waals surface area contributed by atoms with Gasteiger partial charge in [0.1, 0.15) is 7.85 Å². The van der Waals surface area contributed by atoms with Crippen molar-refractivity contribution in [2.75, 3.05) is 0 Å². The molecule has 0 saturated carbocycles. The van der Waals surface area contributed by atoms with Crippen molar-refractivity contribution >= 4 is 89.4 Å². The van der Waals surface area contributed by atoms with Crippen LogP contribution in [0.25, 0.3) is 110 Å². The van der Waals surface area contributed by atoms with E-state index in [0.29, 0.717) is 5.95 Å².